The average Bonchev–Trinajstić information content (AvgIpc) is 2.52. The number of carbonyl (C=O) groups excluding carboxylic acids is 1. The Morgan fingerprint density at radius 3 is 2.30 bits per heavy atom. The fourth-order valence-corrected chi connectivity index (χ4v) is 2.69. The van der Waals surface area contributed by atoms with E-state index < -0.39 is 10.0 Å². The molecule has 0 saturated carbocycles. The number of nitrogens with two attached hydrogens (primary N) is 1. The van der Waals surface area contributed by atoms with Gasteiger partial charge in [-0.15, -0.1) is 0 Å². The summed E-state index contributed by atoms with van der Waals surface area (Å²) >= 11 is 0. The van der Waals surface area contributed by atoms with Crippen LogP contribution < -0.4 is 5.14 Å². The molecule has 7 heteroatoms. The fourth-order valence-electron chi connectivity index (χ4n) is 2.18. The highest BCUT2D eigenvalue weighted by molar-refractivity contribution is 7.89. The Morgan fingerprint density at radius 1 is 1.17 bits per heavy atom. The molecule has 0 bridgehead atoms. The number of rotatable bonds is 4. The van der Waals surface area contributed by atoms with Gasteiger partial charge in [-0.25, -0.2) is 18.5 Å². The van der Waals surface area contributed by atoms with E-state index in [-0.39, 0.29) is 16.8 Å². The van der Waals surface area contributed by atoms with E-state index in [0.717, 1.165) is 11.3 Å². The molecule has 122 valence electrons. The number of pyridine rings is 1. The maximum absolute atomic E-state index is 12.5. The molecule has 1 aromatic heterocycles. The average molecular weight is 333 g/mol. The summed E-state index contributed by atoms with van der Waals surface area (Å²) in [4.78, 5) is 18.3. The highest BCUT2D eigenvalue weighted by Crippen LogP contribution is 2.21. The summed E-state index contributed by atoms with van der Waals surface area (Å²) in [6.07, 6.45) is 0. The van der Waals surface area contributed by atoms with Gasteiger partial charge in [-0.3, -0.25) is 4.79 Å². The van der Waals surface area contributed by atoms with Crippen molar-refractivity contribution in [3.63, 3.8) is 0 Å². The van der Waals surface area contributed by atoms with Gasteiger partial charge < -0.3 is 4.90 Å². The van der Waals surface area contributed by atoms with Crippen LogP contribution in [0, 0.1) is 6.92 Å². The lowest BCUT2D eigenvalue weighted by Gasteiger charge is -2.25. The van der Waals surface area contributed by atoms with Crippen molar-refractivity contribution in [2.24, 2.45) is 5.14 Å². The molecule has 0 spiro atoms. The molecule has 1 aromatic carbocycles. The number of aryl methyl sites for hydroxylation is 1. The number of sulfonamides is 1. The van der Waals surface area contributed by atoms with Gasteiger partial charge in [0.25, 0.3) is 5.91 Å². The number of benzene rings is 1. The zero-order chi connectivity index (χ0) is 17.2. The minimum absolute atomic E-state index is 0.0442. The number of aromatic nitrogens is 1. The molecule has 0 fully saturated rings. The first-order chi connectivity index (χ1) is 10.7. The second kappa shape index (κ2) is 6.47. The molecule has 0 radical (unpaired) electrons. The summed E-state index contributed by atoms with van der Waals surface area (Å²) in [6, 6.07) is 11.2. The van der Waals surface area contributed by atoms with Crippen LogP contribution in [-0.2, 0) is 10.0 Å². The topological polar surface area (TPSA) is 93.4 Å². The summed E-state index contributed by atoms with van der Waals surface area (Å²) in [6.45, 7) is 3.69. The SMILES string of the molecule is Cc1cccc(C(=O)N(C)[C@@H](C)c2ccc(S(N)(=O)=O)cc2)n1. The van der Waals surface area contributed by atoms with Crippen LogP contribution in [0.3, 0.4) is 0 Å². The van der Waals surface area contributed by atoms with E-state index in [1.54, 1.807) is 36.2 Å². The van der Waals surface area contributed by atoms with Crippen molar-refractivity contribution in [2.45, 2.75) is 24.8 Å². The molecule has 0 aliphatic carbocycles. The summed E-state index contributed by atoms with van der Waals surface area (Å²) in [5.74, 6) is -0.197. The normalized spacial score (nSPS) is 12.7. The van der Waals surface area contributed by atoms with Gasteiger partial charge in [0.1, 0.15) is 5.69 Å². The Hall–Kier alpha value is -2.25. The third-order valence-electron chi connectivity index (χ3n) is 3.70. The predicted octanol–water partition coefficient (Wildman–Crippen LogP) is 1.87. The van der Waals surface area contributed by atoms with Gasteiger partial charge in [0, 0.05) is 12.7 Å². The van der Waals surface area contributed by atoms with Gasteiger partial charge >= 0.3 is 0 Å². The number of nitrogens with zero attached hydrogens (tertiary/aromatic N) is 2. The van der Waals surface area contributed by atoms with Crippen molar-refractivity contribution in [3.05, 3.63) is 59.4 Å². The van der Waals surface area contributed by atoms with Crippen LogP contribution >= 0.6 is 0 Å². The first-order valence-corrected chi connectivity index (χ1v) is 8.58. The summed E-state index contributed by atoms with van der Waals surface area (Å²) < 4.78 is 22.6. The molecule has 23 heavy (non-hydrogen) atoms. The molecule has 2 aromatic rings. The van der Waals surface area contributed by atoms with Gasteiger partial charge in [0.15, 0.2) is 0 Å². The molecular weight excluding hydrogens is 314 g/mol. The molecule has 1 amide bonds. The van der Waals surface area contributed by atoms with Crippen LogP contribution in [0.2, 0.25) is 0 Å². The molecule has 2 N–H and O–H groups in total. The predicted molar refractivity (Wildman–Crippen MR) is 87.3 cm³/mol. The largest absolute Gasteiger partial charge is 0.334 e. The molecule has 0 saturated heterocycles. The van der Waals surface area contributed by atoms with Gasteiger partial charge in [-0.2, -0.15) is 0 Å². The zero-order valence-electron chi connectivity index (χ0n) is 13.2. The molecule has 6 nitrogen and oxygen atoms in total. The molecular formula is C16H19N3O3S. The summed E-state index contributed by atoms with van der Waals surface area (Å²) in [7, 11) is -2.04. The van der Waals surface area contributed by atoms with Crippen molar-refractivity contribution >= 4 is 15.9 Å². The number of carbonyl (C=O) groups is 1. The maximum Gasteiger partial charge on any atom is 0.272 e. The van der Waals surface area contributed by atoms with E-state index in [2.05, 4.69) is 4.98 Å². The lowest BCUT2D eigenvalue weighted by Crippen LogP contribution is -2.30. The number of hydrogen-bond acceptors (Lipinski definition) is 4. The van der Waals surface area contributed by atoms with Crippen molar-refractivity contribution < 1.29 is 13.2 Å². The quantitative estimate of drug-likeness (QED) is 0.924. The van der Waals surface area contributed by atoms with Gasteiger partial charge in [0.2, 0.25) is 10.0 Å². The van der Waals surface area contributed by atoms with Crippen LogP contribution in [0.25, 0.3) is 0 Å². The van der Waals surface area contributed by atoms with Crippen LogP contribution in [0.15, 0.2) is 47.4 Å². The minimum atomic E-state index is -3.72. The first kappa shape index (κ1) is 17.1. The van der Waals surface area contributed by atoms with Crippen LogP contribution in [0.4, 0.5) is 0 Å². The van der Waals surface area contributed by atoms with E-state index in [4.69, 9.17) is 5.14 Å². The maximum atomic E-state index is 12.5. The van der Waals surface area contributed by atoms with Crippen LogP contribution in [-0.4, -0.2) is 31.3 Å². The lowest BCUT2D eigenvalue weighted by molar-refractivity contribution is 0.0736. The van der Waals surface area contributed by atoms with E-state index in [1.165, 1.54) is 12.1 Å². The van der Waals surface area contributed by atoms with E-state index in [1.807, 2.05) is 19.9 Å². The summed E-state index contributed by atoms with van der Waals surface area (Å²) in [5.41, 5.74) is 1.95. The monoisotopic (exact) mass is 333 g/mol. The van der Waals surface area contributed by atoms with Crippen molar-refractivity contribution in [3.8, 4) is 0 Å². The van der Waals surface area contributed by atoms with Crippen LogP contribution in [0.5, 0.6) is 0 Å². The Bertz CT molecular complexity index is 817. The number of primary sulfonamides is 1. The molecule has 0 aliphatic heterocycles. The third kappa shape index (κ3) is 3.94. The Labute approximate surface area is 136 Å². The fraction of sp³-hybridized carbons (Fsp3) is 0.250. The van der Waals surface area contributed by atoms with Crippen molar-refractivity contribution in [1.82, 2.24) is 9.88 Å². The number of amides is 1. The van der Waals surface area contributed by atoms with Gasteiger partial charge in [-0.05, 0) is 43.7 Å². The van der Waals surface area contributed by atoms with E-state index >= 15 is 0 Å². The molecule has 1 atom stereocenters. The van der Waals surface area contributed by atoms with Crippen molar-refractivity contribution in [2.75, 3.05) is 7.05 Å². The molecule has 2 rings (SSSR count). The molecule has 0 aliphatic rings. The van der Waals surface area contributed by atoms with E-state index in [0.29, 0.717) is 5.69 Å². The van der Waals surface area contributed by atoms with E-state index in [9.17, 15) is 13.2 Å². The first-order valence-electron chi connectivity index (χ1n) is 7.03. The van der Waals surface area contributed by atoms with Gasteiger partial charge in [-0.1, -0.05) is 18.2 Å². The van der Waals surface area contributed by atoms with Crippen LogP contribution in [0.1, 0.15) is 34.7 Å². The Kier molecular flexibility index (Phi) is 4.82. The highest BCUT2D eigenvalue weighted by Gasteiger charge is 2.20. The molecule has 0 unspecified atom stereocenters. The second-order valence-electron chi connectivity index (χ2n) is 5.37. The van der Waals surface area contributed by atoms with Crippen molar-refractivity contribution in [1.29, 1.82) is 0 Å². The highest BCUT2D eigenvalue weighted by atomic mass is 32.2. The summed E-state index contributed by atoms with van der Waals surface area (Å²) in [5, 5.41) is 5.08. The van der Waals surface area contributed by atoms with Gasteiger partial charge in [0.05, 0.1) is 10.9 Å². The number of hydrogen-bond donors (Lipinski definition) is 1. The molecule has 1 heterocycles. The Morgan fingerprint density at radius 2 is 1.78 bits per heavy atom. The second-order valence-corrected chi connectivity index (χ2v) is 6.93. The lowest BCUT2D eigenvalue weighted by atomic mass is 10.1. The third-order valence-corrected chi connectivity index (χ3v) is 4.63. The standard InChI is InChI=1S/C16H19N3O3S/c1-11-5-4-6-15(18-11)16(20)19(3)12(2)13-7-9-14(10-8-13)23(17,21)22/h4-10,12H,1-3H3,(H2,17,21,22)/t12-/m0/s1. The Balaban J connectivity index is 2.22. The zero-order valence-corrected chi connectivity index (χ0v) is 14.0. The minimum Gasteiger partial charge on any atom is -0.334 e. The smallest absolute Gasteiger partial charge is 0.272 e.